The zero-order valence-corrected chi connectivity index (χ0v) is 13.8. The van der Waals surface area contributed by atoms with E-state index in [0.717, 1.165) is 17.5 Å². The summed E-state index contributed by atoms with van der Waals surface area (Å²) in [5.74, 6) is -0.418. The van der Waals surface area contributed by atoms with Crippen molar-refractivity contribution in [1.29, 1.82) is 0 Å². The molecule has 0 bridgehead atoms. The first-order valence-electron chi connectivity index (χ1n) is 8.26. The second-order valence-corrected chi connectivity index (χ2v) is 6.06. The summed E-state index contributed by atoms with van der Waals surface area (Å²) in [6, 6.07) is 10.4. The molecule has 1 fully saturated rings. The van der Waals surface area contributed by atoms with Crippen LogP contribution in [0.1, 0.15) is 24.0 Å². The predicted molar refractivity (Wildman–Crippen MR) is 91.1 cm³/mol. The number of carboxylic acid groups (broad SMARTS) is 1. The van der Waals surface area contributed by atoms with Gasteiger partial charge in [0.05, 0.1) is 6.42 Å². The zero-order chi connectivity index (χ0) is 17.6. The van der Waals surface area contributed by atoms with E-state index in [1.807, 2.05) is 36.4 Å². The molecular weight excluding hydrogens is 320 g/mol. The Balaban J connectivity index is 1.61. The lowest BCUT2D eigenvalue weighted by molar-refractivity contribution is -0.148. The number of hydrogen-bond acceptors (Lipinski definition) is 4. The van der Waals surface area contributed by atoms with E-state index in [-0.39, 0.29) is 12.3 Å². The number of aliphatic carboxylic acids is 1. The third-order valence-electron chi connectivity index (χ3n) is 4.24. The number of hydrogen-bond donors (Lipinski definition) is 1. The fourth-order valence-electron chi connectivity index (χ4n) is 2.99. The van der Waals surface area contributed by atoms with Crippen molar-refractivity contribution in [3.05, 3.63) is 59.9 Å². The van der Waals surface area contributed by atoms with Crippen LogP contribution >= 0.6 is 0 Å². The first-order valence-corrected chi connectivity index (χ1v) is 8.26. The first-order chi connectivity index (χ1) is 12.1. The molecule has 6 heteroatoms. The molecule has 1 saturated heterocycles. The van der Waals surface area contributed by atoms with E-state index in [0.29, 0.717) is 25.3 Å². The number of likely N-dealkylation sites (tertiary alicyclic amines) is 1. The van der Waals surface area contributed by atoms with Crippen LogP contribution in [-0.4, -0.2) is 39.5 Å². The Morgan fingerprint density at radius 2 is 2.08 bits per heavy atom. The van der Waals surface area contributed by atoms with Gasteiger partial charge in [-0.3, -0.25) is 9.78 Å². The number of benzene rings is 1. The molecule has 2 heterocycles. The molecule has 1 atom stereocenters. The number of carboxylic acids is 1. The number of nitrogens with zero attached hydrogens (tertiary/aromatic N) is 2. The standard InChI is InChI=1S/C19H20N2O4/c22-18(21-9-3-7-17(21)19(23)24)11-14-4-1-6-16(10-14)25-13-15-5-2-8-20-12-15/h1-2,4-6,8,10,12,17H,3,7,9,11,13H2,(H,23,24)/t17-/m1/s1. The minimum Gasteiger partial charge on any atom is -0.489 e. The number of amides is 1. The van der Waals surface area contributed by atoms with Gasteiger partial charge in [-0.2, -0.15) is 0 Å². The molecule has 6 nitrogen and oxygen atoms in total. The van der Waals surface area contributed by atoms with Crippen molar-refractivity contribution in [3.8, 4) is 5.75 Å². The van der Waals surface area contributed by atoms with Gasteiger partial charge in [0, 0.05) is 24.5 Å². The topological polar surface area (TPSA) is 79.7 Å². The summed E-state index contributed by atoms with van der Waals surface area (Å²) in [6.45, 7) is 0.908. The minimum atomic E-state index is -0.931. The van der Waals surface area contributed by atoms with Gasteiger partial charge >= 0.3 is 5.97 Å². The predicted octanol–water partition coefficient (Wildman–Crippen LogP) is 2.28. The molecule has 25 heavy (non-hydrogen) atoms. The molecule has 1 aromatic heterocycles. The van der Waals surface area contributed by atoms with Gasteiger partial charge in [0.1, 0.15) is 18.4 Å². The smallest absolute Gasteiger partial charge is 0.326 e. The van der Waals surface area contributed by atoms with Crippen LogP contribution in [0.5, 0.6) is 5.75 Å². The van der Waals surface area contributed by atoms with Crippen molar-refractivity contribution in [3.63, 3.8) is 0 Å². The van der Waals surface area contributed by atoms with Crippen LogP contribution in [0.15, 0.2) is 48.8 Å². The van der Waals surface area contributed by atoms with Crippen LogP contribution in [0, 0.1) is 0 Å². The summed E-state index contributed by atoms with van der Waals surface area (Å²) in [4.78, 5) is 29.2. The van der Waals surface area contributed by atoms with Gasteiger partial charge in [-0.25, -0.2) is 4.79 Å². The number of ether oxygens (including phenoxy) is 1. The number of rotatable bonds is 6. The monoisotopic (exact) mass is 340 g/mol. The van der Waals surface area contributed by atoms with Crippen LogP contribution in [0.25, 0.3) is 0 Å². The largest absolute Gasteiger partial charge is 0.489 e. The van der Waals surface area contributed by atoms with Crippen LogP contribution in [0.3, 0.4) is 0 Å². The lowest BCUT2D eigenvalue weighted by Crippen LogP contribution is -2.41. The SMILES string of the molecule is O=C(O)[C@H]1CCCN1C(=O)Cc1cccc(OCc2cccnc2)c1. The van der Waals surface area contributed by atoms with Gasteiger partial charge in [0.2, 0.25) is 5.91 Å². The highest BCUT2D eigenvalue weighted by atomic mass is 16.5. The Hall–Kier alpha value is -2.89. The molecular formula is C19H20N2O4. The van der Waals surface area contributed by atoms with Gasteiger partial charge in [0.15, 0.2) is 0 Å². The summed E-state index contributed by atoms with van der Waals surface area (Å²) >= 11 is 0. The molecule has 3 rings (SSSR count). The Morgan fingerprint density at radius 1 is 1.24 bits per heavy atom. The molecule has 1 N–H and O–H groups in total. The van der Waals surface area contributed by atoms with Crippen molar-refractivity contribution in [2.75, 3.05) is 6.54 Å². The summed E-state index contributed by atoms with van der Waals surface area (Å²) in [7, 11) is 0. The molecule has 1 aromatic carbocycles. The molecule has 130 valence electrons. The van der Waals surface area contributed by atoms with E-state index >= 15 is 0 Å². The molecule has 1 amide bonds. The van der Waals surface area contributed by atoms with Gasteiger partial charge in [-0.05, 0) is 36.6 Å². The maximum Gasteiger partial charge on any atom is 0.326 e. The van der Waals surface area contributed by atoms with Crippen LogP contribution < -0.4 is 4.74 Å². The fraction of sp³-hybridized carbons (Fsp3) is 0.316. The normalized spacial score (nSPS) is 16.6. The van der Waals surface area contributed by atoms with Crippen LogP contribution in [0.4, 0.5) is 0 Å². The van der Waals surface area contributed by atoms with Gasteiger partial charge in [-0.15, -0.1) is 0 Å². The van der Waals surface area contributed by atoms with Crippen molar-refractivity contribution in [1.82, 2.24) is 9.88 Å². The third-order valence-corrected chi connectivity index (χ3v) is 4.24. The molecule has 0 unspecified atom stereocenters. The van der Waals surface area contributed by atoms with Crippen molar-refractivity contribution >= 4 is 11.9 Å². The van der Waals surface area contributed by atoms with Crippen molar-refractivity contribution in [2.24, 2.45) is 0 Å². The van der Waals surface area contributed by atoms with E-state index in [2.05, 4.69) is 4.98 Å². The maximum atomic E-state index is 12.4. The summed E-state index contributed by atoms with van der Waals surface area (Å²) < 4.78 is 5.74. The Morgan fingerprint density at radius 3 is 2.84 bits per heavy atom. The Kier molecular flexibility index (Phi) is 5.28. The lowest BCUT2D eigenvalue weighted by Gasteiger charge is -2.21. The molecule has 0 aliphatic carbocycles. The minimum absolute atomic E-state index is 0.158. The average Bonchev–Trinajstić information content (AvgIpc) is 3.11. The molecule has 0 radical (unpaired) electrons. The quantitative estimate of drug-likeness (QED) is 0.873. The molecule has 0 spiro atoms. The highest BCUT2D eigenvalue weighted by Gasteiger charge is 2.33. The average molecular weight is 340 g/mol. The number of aromatic nitrogens is 1. The van der Waals surface area contributed by atoms with Gasteiger partial charge in [-0.1, -0.05) is 18.2 Å². The van der Waals surface area contributed by atoms with E-state index in [1.165, 1.54) is 4.90 Å². The zero-order valence-electron chi connectivity index (χ0n) is 13.8. The molecule has 1 aliphatic heterocycles. The van der Waals surface area contributed by atoms with E-state index in [9.17, 15) is 14.7 Å². The summed E-state index contributed by atoms with van der Waals surface area (Å²) in [6.07, 6.45) is 4.88. The third kappa shape index (κ3) is 4.35. The maximum absolute atomic E-state index is 12.4. The van der Waals surface area contributed by atoms with Crippen molar-refractivity contribution in [2.45, 2.75) is 31.9 Å². The van der Waals surface area contributed by atoms with E-state index < -0.39 is 12.0 Å². The Labute approximate surface area is 146 Å². The van der Waals surface area contributed by atoms with Crippen LogP contribution in [0.2, 0.25) is 0 Å². The highest BCUT2D eigenvalue weighted by molar-refractivity contribution is 5.85. The molecule has 2 aromatic rings. The second-order valence-electron chi connectivity index (χ2n) is 6.06. The molecule has 1 aliphatic rings. The van der Waals surface area contributed by atoms with Crippen LogP contribution in [-0.2, 0) is 22.6 Å². The lowest BCUT2D eigenvalue weighted by atomic mass is 10.1. The fourth-order valence-corrected chi connectivity index (χ4v) is 2.99. The van der Waals surface area contributed by atoms with Gasteiger partial charge in [0.25, 0.3) is 0 Å². The summed E-state index contributed by atoms with van der Waals surface area (Å²) in [5, 5.41) is 9.20. The van der Waals surface area contributed by atoms with E-state index in [1.54, 1.807) is 12.4 Å². The van der Waals surface area contributed by atoms with Crippen molar-refractivity contribution < 1.29 is 19.4 Å². The number of carbonyl (C=O) groups excluding carboxylic acids is 1. The number of pyridine rings is 1. The second kappa shape index (κ2) is 7.79. The Bertz CT molecular complexity index is 748. The first kappa shape index (κ1) is 17.0. The summed E-state index contributed by atoms with van der Waals surface area (Å²) in [5.41, 5.74) is 1.77. The van der Waals surface area contributed by atoms with Gasteiger partial charge < -0.3 is 14.7 Å². The highest BCUT2D eigenvalue weighted by Crippen LogP contribution is 2.20. The number of carbonyl (C=O) groups is 2. The van der Waals surface area contributed by atoms with E-state index in [4.69, 9.17) is 4.74 Å². The molecule has 0 saturated carbocycles.